The van der Waals surface area contributed by atoms with Crippen molar-refractivity contribution < 1.29 is 4.79 Å². The van der Waals surface area contributed by atoms with E-state index in [4.69, 9.17) is 18.0 Å². The molecule has 1 aromatic carbocycles. The molecular weight excluding hydrogens is 418 g/mol. The first-order valence-corrected chi connectivity index (χ1v) is 11.1. The monoisotopic (exact) mass is 435 g/mol. The standard InChI is InChI=1S/C22H17N3OS3/c1-13-6-8-14(9-7-13)25-21(24)15(12-23)18(16-4-2-10-28-16)19(22(25)27)20(26)17-5-3-11-29-17/h2-11,18-19H,24H2,1H3. The first kappa shape index (κ1) is 19.5. The van der Waals surface area contributed by atoms with Crippen LogP contribution in [0, 0.1) is 24.2 Å². The highest BCUT2D eigenvalue weighted by atomic mass is 32.1. The zero-order valence-corrected chi connectivity index (χ0v) is 18.0. The van der Waals surface area contributed by atoms with Crippen LogP contribution in [0.25, 0.3) is 0 Å². The number of thiophene rings is 2. The molecule has 2 N–H and O–H groups in total. The molecule has 0 aliphatic carbocycles. The van der Waals surface area contributed by atoms with Gasteiger partial charge in [0, 0.05) is 16.5 Å². The molecule has 0 radical (unpaired) electrons. The summed E-state index contributed by atoms with van der Waals surface area (Å²) >= 11 is 8.72. The summed E-state index contributed by atoms with van der Waals surface area (Å²) in [6.07, 6.45) is 0. The molecule has 0 bridgehead atoms. The zero-order valence-electron chi connectivity index (χ0n) is 15.5. The Hall–Kier alpha value is -2.79. The van der Waals surface area contributed by atoms with Crippen molar-refractivity contribution in [1.82, 2.24) is 0 Å². The SMILES string of the molecule is Cc1ccc(N2C(=S)C(C(=O)c3cccs3)C(c3cccs3)C(C#N)=C2N)cc1. The number of aryl methyl sites for hydroxylation is 1. The minimum absolute atomic E-state index is 0.0826. The van der Waals surface area contributed by atoms with Crippen molar-refractivity contribution >= 4 is 51.4 Å². The number of rotatable bonds is 4. The van der Waals surface area contributed by atoms with Crippen molar-refractivity contribution in [1.29, 1.82) is 5.26 Å². The summed E-state index contributed by atoms with van der Waals surface area (Å²) in [5, 5.41) is 13.8. The maximum absolute atomic E-state index is 13.5. The summed E-state index contributed by atoms with van der Waals surface area (Å²) in [6, 6.07) is 17.5. The number of nitriles is 1. The summed E-state index contributed by atoms with van der Waals surface area (Å²) < 4.78 is 0. The van der Waals surface area contributed by atoms with Gasteiger partial charge in [-0.1, -0.05) is 42.0 Å². The van der Waals surface area contributed by atoms with Crippen molar-refractivity contribution in [3.8, 4) is 6.07 Å². The molecule has 0 amide bonds. The molecule has 2 unspecified atom stereocenters. The fourth-order valence-electron chi connectivity index (χ4n) is 3.54. The molecule has 3 aromatic rings. The first-order chi connectivity index (χ1) is 14.0. The Morgan fingerprint density at radius 3 is 2.41 bits per heavy atom. The number of nitrogens with zero attached hydrogens (tertiary/aromatic N) is 2. The maximum Gasteiger partial charge on any atom is 0.183 e. The van der Waals surface area contributed by atoms with E-state index in [0.717, 1.165) is 16.1 Å². The summed E-state index contributed by atoms with van der Waals surface area (Å²) in [5.74, 6) is -0.954. The van der Waals surface area contributed by atoms with Crippen molar-refractivity contribution in [3.05, 3.63) is 86.0 Å². The Kier molecular flexibility index (Phi) is 5.33. The number of ketones is 1. The van der Waals surface area contributed by atoms with Crippen molar-refractivity contribution in [2.75, 3.05) is 4.90 Å². The quantitative estimate of drug-likeness (QED) is 0.448. The number of Topliss-reactive ketones (excluding diaryl/α,β-unsaturated/α-hetero) is 1. The fraction of sp³-hybridized carbons (Fsp3) is 0.136. The molecule has 0 fully saturated rings. The molecule has 144 valence electrons. The third kappa shape index (κ3) is 3.40. The van der Waals surface area contributed by atoms with Gasteiger partial charge in [-0.05, 0) is 41.9 Å². The minimum Gasteiger partial charge on any atom is -0.384 e. The molecule has 3 heterocycles. The van der Waals surface area contributed by atoms with Gasteiger partial charge in [0.2, 0.25) is 0 Å². The number of carbonyl (C=O) groups is 1. The number of allylic oxidation sites excluding steroid dienone is 1. The summed E-state index contributed by atoms with van der Waals surface area (Å²) in [4.78, 5) is 17.1. The Labute approximate surface area is 182 Å². The second kappa shape index (κ2) is 7.91. The van der Waals surface area contributed by atoms with E-state index in [2.05, 4.69) is 6.07 Å². The van der Waals surface area contributed by atoms with Crippen LogP contribution >= 0.6 is 34.9 Å². The highest BCUT2D eigenvalue weighted by molar-refractivity contribution is 7.80. The third-order valence-corrected chi connectivity index (χ3v) is 7.23. The van der Waals surface area contributed by atoms with Crippen molar-refractivity contribution in [2.45, 2.75) is 12.8 Å². The molecule has 2 atom stereocenters. The van der Waals surface area contributed by atoms with Gasteiger partial charge in [-0.25, -0.2) is 0 Å². The second-order valence-electron chi connectivity index (χ2n) is 6.73. The van der Waals surface area contributed by atoms with Crippen LogP contribution in [-0.2, 0) is 0 Å². The molecule has 0 saturated heterocycles. The molecule has 4 rings (SSSR count). The van der Waals surface area contributed by atoms with Crippen LogP contribution in [0.1, 0.15) is 26.0 Å². The Morgan fingerprint density at radius 2 is 1.83 bits per heavy atom. The molecular formula is C22H17N3OS3. The zero-order chi connectivity index (χ0) is 20.5. The lowest BCUT2D eigenvalue weighted by molar-refractivity contribution is 0.0950. The number of thiocarbonyl (C=S) groups is 1. The summed E-state index contributed by atoms with van der Waals surface area (Å²) in [7, 11) is 0. The predicted molar refractivity (Wildman–Crippen MR) is 122 cm³/mol. The molecule has 1 aliphatic rings. The van der Waals surface area contributed by atoms with E-state index >= 15 is 0 Å². The smallest absolute Gasteiger partial charge is 0.183 e. The molecule has 29 heavy (non-hydrogen) atoms. The maximum atomic E-state index is 13.5. The van der Waals surface area contributed by atoms with Gasteiger partial charge in [-0.15, -0.1) is 22.7 Å². The van der Waals surface area contributed by atoms with Gasteiger partial charge in [0.15, 0.2) is 5.78 Å². The Morgan fingerprint density at radius 1 is 1.14 bits per heavy atom. The molecule has 1 aliphatic heterocycles. The van der Waals surface area contributed by atoms with E-state index in [0.29, 0.717) is 15.4 Å². The van der Waals surface area contributed by atoms with E-state index in [1.165, 1.54) is 22.7 Å². The Bertz CT molecular complexity index is 1120. The predicted octanol–water partition coefficient (Wildman–Crippen LogP) is 5.24. The lowest BCUT2D eigenvalue weighted by Crippen LogP contribution is -2.48. The number of carbonyl (C=O) groups excluding carboxylic acids is 1. The average molecular weight is 436 g/mol. The fourth-order valence-corrected chi connectivity index (χ4v) is 5.57. The largest absolute Gasteiger partial charge is 0.384 e. The van der Waals surface area contributed by atoms with Crippen LogP contribution in [0.3, 0.4) is 0 Å². The van der Waals surface area contributed by atoms with Gasteiger partial charge >= 0.3 is 0 Å². The molecule has 2 aromatic heterocycles. The summed E-state index contributed by atoms with van der Waals surface area (Å²) in [6.45, 7) is 1.99. The van der Waals surface area contributed by atoms with Gasteiger partial charge in [0.1, 0.15) is 10.8 Å². The van der Waals surface area contributed by atoms with Crippen LogP contribution in [0.15, 0.2) is 70.7 Å². The minimum atomic E-state index is -0.675. The number of benzene rings is 1. The lowest BCUT2D eigenvalue weighted by Gasteiger charge is -2.39. The number of nitrogens with two attached hydrogens (primary N) is 1. The average Bonchev–Trinajstić information content (AvgIpc) is 3.43. The van der Waals surface area contributed by atoms with Crippen LogP contribution in [-0.4, -0.2) is 10.8 Å². The molecule has 4 nitrogen and oxygen atoms in total. The number of hydrogen-bond acceptors (Lipinski definition) is 6. The third-order valence-electron chi connectivity index (χ3n) is 4.96. The van der Waals surface area contributed by atoms with Gasteiger partial charge in [-0.3, -0.25) is 9.69 Å². The highest BCUT2D eigenvalue weighted by Gasteiger charge is 2.45. The van der Waals surface area contributed by atoms with E-state index in [1.807, 2.05) is 60.1 Å². The van der Waals surface area contributed by atoms with Gasteiger partial charge in [-0.2, -0.15) is 5.26 Å². The molecule has 0 spiro atoms. The van der Waals surface area contributed by atoms with E-state index in [-0.39, 0.29) is 11.6 Å². The normalized spacial score (nSPS) is 19.3. The van der Waals surface area contributed by atoms with Gasteiger partial charge in [0.25, 0.3) is 0 Å². The summed E-state index contributed by atoms with van der Waals surface area (Å²) in [5.41, 5.74) is 8.68. The topological polar surface area (TPSA) is 70.1 Å². The lowest BCUT2D eigenvalue weighted by atomic mass is 9.78. The van der Waals surface area contributed by atoms with Crippen molar-refractivity contribution in [3.63, 3.8) is 0 Å². The first-order valence-electron chi connectivity index (χ1n) is 8.94. The van der Waals surface area contributed by atoms with E-state index in [9.17, 15) is 10.1 Å². The second-order valence-corrected chi connectivity index (χ2v) is 9.08. The Balaban J connectivity index is 1.92. The van der Waals surface area contributed by atoms with E-state index in [1.54, 1.807) is 11.0 Å². The number of hydrogen-bond donors (Lipinski definition) is 1. The number of anilines is 1. The van der Waals surface area contributed by atoms with Crippen LogP contribution in [0.4, 0.5) is 5.69 Å². The highest BCUT2D eigenvalue weighted by Crippen LogP contribution is 2.44. The van der Waals surface area contributed by atoms with Gasteiger partial charge < -0.3 is 5.73 Å². The van der Waals surface area contributed by atoms with Crippen LogP contribution in [0.2, 0.25) is 0 Å². The van der Waals surface area contributed by atoms with Crippen molar-refractivity contribution in [2.24, 2.45) is 11.7 Å². The van der Waals surface area contributed by atoms with Crippen LogP contribution in [0.5, 0.6) is 0 Å². The van der Waals surface area contributed by atoms with E-state index < -0.39 is 11.8 Å². The van der Waals surface area contributed by atoms with Gasteiger partial charge in [0.05, 0.1) is 22.4 Å². The van der Waals surface area contributed by atoms with Crippen LogP contribution < -0.4 is 10.6 Å². The molecule has 0 saturated carbocycles. The molecule has 7 heteroatoms.